The van der Waals surface area contributed by atoms with Crippen molar-refractivity contribution in [1.82, 2.24) is 0 Å². The third-order valence-electron chi connectivity index (χ3n) is 4.63. The summed E-state index contributed by atoms with van der Waals surface area (Å²) in [7, 11) is -4.05. The number of hydrogen-bond acceptors (Lipinski definition) is 5. The lowest BCUT2D eigenvalue weighted by Gasteiger charge is -2.21. The van der Waals surface area contributed by atoms with Gasteiger partial charge in [0.25, 0.3) is 0 Å². The Morgan fingerprint density at radius 1 is 0.452 bits per heavy atom. The van der Waals surface area contributed by atoms with Crippen molar-refractivity contribution in [2.75, 3.05) is 0 Å². The molecule has 0 saturated heterocycles. The van der Waals surface area contributed by atoms with Gasteiger partial charge in [-0.2, -0.15) is 0 Å². The maximum atomic E-state index is 15.0. The van der Waals surface area contributed by atoms with Gasteiger partial charge in [-0.1, -0.05) is 9.45 Å². The first-order valence-corrected chi connectivity index (χ1v) is 12.6. The first-order chi connectivity index (χ1) is 14.9. The molecule has 0 atom stereocenters. The summed E-state index contributed by atoms with van der Waals surface area (Å²) >= 11 is 0. The van der Waals surface area contributed by atoms with E-state index in [4.69, 9.17) is 0 Å². The molecule has 31 heavy (non-hydrogen) atoms. The Morgan fingerprint density at radius 3 is 1.00 bits per heavy atom. The van der Waals surface area contributed by atoms with Crippen LogP contribution >= 0.6 is 0 Å². The average molecular weight is 453 g/mol. The second-order valence-corrected chi connectivity index (χ2v) is 12.6. The number of benzene rings is 4. The van der Waals surface area contributed by atoms with Crippen LogP contribution in [0.15, 0.2) is 117 Å². The monoisotopic (exact) mass is 452 g/mol. The molecule has 0 spiro atoms. The van der Waals surface area contributed by atoms with E-state index in [0.29, 0.717) is 9.79 Å². The largest absolute Gasteiger partial charge is 0.508 e. The average Bonchev–Trinajstić information content (AvgIpc) is 2.77. The van der Waals surface area contributed by atoms with Gasteiger partial charge in [0.15, 0.2) is 0 Å². The molecule has 7 heteroatoms. The van der Waals surface area contributed by atoms with Crippen molar-refractivity contribution in [3.8, 4) is 23.0 Å². The maximum absolute atomic E-state index is 15.0. The third-order valence-corrected chi connectivity index (χ3v) is 12.0. The van der Waals surface area contributed by atoms with Crippen molar-refractivity contribution in [3.63, 3.8) is 0 Å². The zero-order valence-corrected chi connectivity index (χ0v) is 17.9. The Balaban J connectivity index is 2.18. The van der Waals surface area contributed by atoms with Crippen LogP contribution in [0.25, 0.3) is 0 Å². The molecular weight excluding hydrogens is 432 g/mol. The molecule has 0 amide bonds. The van der Waals surface area contributed by atoms with Crippen LogP contribution in [0.4, 0.5) is 0 Å². The van der Waals surface area contributed by atoms with Gasteiger partial charge >= 0.3 is 0 Å². The van der Waals surface area contributed by atoms with Gasteiger partial charge in [-0.3, -0.25) is 4.21 Å². The van der Waals surface area contributed by atoms with Gasteiger partial charge in [0.1, 0.15) is 23.0 Å². The predicted molar refractivity (Wildman–Crippen MR) is 121 cm³/mol. The number of phenolic OH excluding ortho intramolecular Hbond substituents is 4. The maximum Gasteiger partial charge on any atom is 0.115 e. The highest BCUT2D eigenvalue weighted by atomic mass is 32.9. The highest BCUT2D eigenvalue weighted by molar-refractivity contribution is 8.47. The number of hydrogen-bond donors (Lipinski definition) is 4. The van der Waals surface area contributed by atoms with E-state index in [-0.39, 0.29) is 23.0 Å². The smallest absolute Gasteiger partial charge is 0.115 e. The van der Waals surface area contributed by atoms with Crippen LogP contribution in [0.1, 0.15) is 0 Å². The van der Waals surface area contributed by atoms with Crippen molar-refractivity contribution < 1.29 is 24.6 Å². The van der Waals surface area contributed by atoms with Gasteiger partial charge in [-0.05, 0) is 97.1 Å². The molecule has 0 aliphatic heterocycles. The number of phenols is 4. The summed E-state index contributed by atoms with van der Waals surface area (Å²) in [6, 6.07) is 25.6. The minimum Gasteiger partial charge on any atom is -0.508 e. The zero-order valence-electron chi connectivity index (χ0n) is 16.3. The van der Waals surface area contributed by atoms with Crippen LogP contribution in [0.3, 0.4) is 0 Å². The molecule has 0 fully saturated rings. The van der Waals surface area contributed by atoms with Crippen molar-refractivity contribution in [2.45, 2.75) is 19.6 Å². The highest BCUT2D eigenvalue weighted by Crippen LogP contribution is 2.35. The summed E-state index contributed by atoms with van der Waals surface area (Å²) in [5.41, 5.74) is 0. The van der Waals surface area contributed by atoms with E-state index in [0.717, 1.165) is 9.79 Å². The second kappa shape index (κ2) is 8.37. The molecular formula is C24H20O5S2. The van der Waals surface area contributed by atoms with Gasteiger partial charge in [0.05, 0.1) is 8.49 Å². The minimum atomic E-state index is -3.01. The fourth-order valence-electron chi connectivity index (χ4n) is 3.13. The molecule has 158 valence electrons. The standard InChI is InChI=1S/C24H20O5S2/c25-17-1-9-21(10-2-17)30(22-11-3-18(26)4-12-22)31(29,23-13-5-19(27)6-14-23)24-15-7-20(28)8-16-24/h1-16,25-28H. The normalized spacial score (nSPS) is 11.5. The van der Waals surface area contributed by atoms with Crippen molar-refractivity contribution in [3.05, 3.63) is 97.1 Å². The molecule has 4 aromatic rings. The van der Waals surface area contributed by atoms with Crippen LogP contribution in [0.2, 0.25) is 0 Å². The lowest BCUT2D eigenvalue weighted by Crippen LogP contribution is -2.12. The molecule has 4 rings (SSSR count). The first kappa shape index (κ1) is 20.8. The van der Waals surface area contributed by atoms with E-state index in [1.165, 1.54) is 24.3 Å². The highest BCUT2D eigenvalue weighted by Gasteiger charge is 2.23. The van der Waals surface area contributed by atoms with Gasteiger partial charge in [-0.15, -0.1) is 0 Å². The minimum absolute atomic E-state index is 0.0605. The molecule has 0 unspecified atom stereocenters. The van der Waals surface area contributed by atoms with Crippen molar-refractivity contribution in [1.29, 1.82) is 0 Å². The molecule has 0 heterocycles. The summed E-state index contributed by atoms with van der Waals surface area (Å²) in [5.74, 6) is 0.313. The van der Waals surface area contributed by atoms with E-state index in [1.807, 2.05) is 0 Å². The Kier molecular flexibility index (Phi) is 5.63. The molecule has 0 bridgehead atoms. The topological polar surface area (TPSA) is 98.0 Å². The zero-order chi connectivity index (χ0) is 22.0. The summed E-state index contributed by atoms with van der Waals surface area (Å²) in [5, 5.41) is 39.1. The van der Waals surface area contributed by atoms with E-state index in [2.05, 4.69) is 0 Å². The molecule has 4 N–H and O–H groups in total. The molecule has 0 aliphatic rings. The Hall–Kier alpha value is -3.42. The van der Waals surface area contributed by atoms with Crippen LogP contribution < -0.4 is 0 Å². The first-order valence-electron chi connectivity index (χ1n) is 9.33. The molecule has 0 saturated carbocycles. The van der Waals surface area contributed by atoms with Crippen LogP contribution in [0, 0.1) is 0 Å². The summed E-state index contributed by atoms with van der Waals surface area (Å²) < 4.78 is 15.0. The van der Waals surface area contributed by atoms with Crippen LogP contribution in [0.5, 0.6) is 23.0 Å². The predicted octanol–water partition coefficient (Wildman–Crippen LogP) is 4.86. The van der Waals surface area contributed by atoms with Gasteiger partial charge in [0.2, 0.25) is 0 Å². The van der Waals surface area contributed by atoms with Crippen LogP contribution in [-0.2, 0) is 17.9 Å². The molecule has 5 nitrogen and oxygen atoms in total. The lowest BCUT2D eigenvalue weighted by molar-refractivity contribution is 0.474. The fraction of sp³-hybridized carbons (Fsp3) is 0. The van der Waals surface area contributed by atoms with E-state index in [1.54, 1.807) is 72.8 Å². The van der Waals surface area contributed by atoms with Crippen LogP contribution in [-0.4, -0.2) is 24.6 Å². The molecule has 0 aromatic heterocycles. The summed E-state index contributed by atoms with van der Waals surface area (Å²) in [4.78, 5) is 2.49. The molecule has 4 aromatic carbocycles. The number of rotatable bonds is 4. The van der Waals surface area contributed by atoms with E-state index >= 15 is 4.21 Å². The van der Waals surface area contributed by atoms with Gasteiger partial charge in [-0.25, -0.2) is 0 Å². The molecule has 0 radical (unpaired) electrons. The molecule has 0 aliphatic carbocycles. The third kappa shape index (κ3) is 4.10. The quantitative estimate of drug-likeness (QED) is 0.354. The SMILES string of the molecule is O=S(c1ccc(O)cc1)(c1ccc(O)cc1)=S(c1ccc(O)cc1)c1ccc(O)cc1. The lowest BCUT2D eigenvalue weighted by atomic mass is 10.3. The van der Waals surface area contributed by atoms with Gasteiger partial charge in [0, 0.05) is 19.6 Å². The number of aromatic hydroxyl groups is 4. The van der Waals surface area contributed by atoms with E-state index in [9.17, 15) is 20.4 Å². The van der Waals surface area contributed by atoms with Crippen molar-refractivity contribution >= 4 is 17.9 Å². The summed E-state index contributed by atoms with van der Waals surface area (Å²) in [6.07, 6.45) is 0. The van der Waals surface area contributed by atoms with E-state index < -0.39 is 17.9 Å². The fourth-order valence-corrected chi connectivity index (χ4v) is 10.5. The Labute approximate surface area is 182 Å². The van der Waals surface area contributed by atoms with Gasteiger partial charge < -0.3 is 20.4 Å². The Bertz CT molecular complexity index is 1220. The summed E-state index contributed by atoms with van der Waals surface area (Å²) in [6.45, 7) is 0. The van der Waals surface area contributed by atoms with Crippen molar-refractivity contribution in [2.24, 2.45) is 0 Å². The second-order valence-electron chi connectivity index (χ2n) is 6.75. The Morgan fingerprint density at radius 2 is 0.710 bits per heavy atom.